The Morgan fingerprint density at radius 1 is 1.40 bits per heavy atom. The van der Waals surface area contributed by atoms with E-state index < -0.39 is 29.6 Å². The molecule has 106 valence electrons. The van der Waals surface area contributed by atoms with Crippen LogP contribution in [0.3, 0.4) is 0 Å². The summed E-state index contributed by atoms with van der Waals surface area (Å²) in [7, 11) is 0. The van der Waals surface area contributed by atoms with Crippen LogP contribution in [0.1, 0.15) is 16.1 Å². The molecule has 0 aliphatic heterocycles. The number of carbonyl (C=O) groups excluding carboxylic acids is 1. The predicted molar refractivity (Wildman–Crippen MR) is 61.6 cm³/mol. The summed E-state index contributed by atoms with van der Waals surface area (Å²) in [5.74, 6) is -4.33. The third-order valence-electron chi connectivity index (χ3n) is 2.54. The number of amides is 1. The molecular weight excluding hydrogens is 279 g/mol. The monoisotopic (exact) mass is 287 g/mol. The number of nitrogens with zero attached hydrogens (tertiary/aromatic N) is 2. The van der Waals surface area contributed by atoms with Gasteiger partial charge in [0.15, 0.2) is 11.5 Å². The first-order chi connectivity index (χ1) is 9.21. The van der Waals surface area contributed by atoms with E-state index in [4.69, 9.17) is 5.11 Å². The molecule has 0 fully saturated rings. The minimum atomic E-state index is -5.12. The number of rotatable bonds is 2. The fourth-order valence-corrected chi connectivity index (χ4v) is 1.65. The van der Waals surface area contributed by atoms with Gasteiger partial charge in [0.1, 0.15) is 5.65 Å². The molecule has 0 bridgehead atoms. The standard InChI is InChI=1S/C11H8F3N3O3/c1-5-3-2-4-17-7(5)15-6(9(18)19)8(17)16-10(20)11(12,13)14/h2-4H,1H3,(H,16,20)(H,18,19). The molecule has 1 amide bonds. The Labute approximate surface area is 109 Å². The second-order valence-corrected chi connectivity index (χ2v) is 3.95. The normalized spacial score (nSPS) is 11.6. The number of carboxylic acids is 1. The van der Waals surface area contributed by atoms with E-state index in [0.717, 1.165) is 4.40 Å². The van der Waals surface area contributed by atoms with E-state index in [1.165, 1.54) is 17.6 Å². The van der Waals surface area contributed by atoms with E-state index >= 15 is 0 Å². The SMILES string of the molecule is Cc1cccn2c(NC(=O)C(F)(F)F)c(C(=O)O)nc12. The van der Waals surface area contributed by atoms with Gasteiger partial charge in [-0.05, 0) is 18.6 Å². The number of carbonyl (C=O) groups is 2. The summed E-state index contributed by atoms with van der Waals surface area (Å²) in [4.78, 5) is 25.7. The molecule has 0 aliphatic rings. The quantitative estimate of drug-likeness (QED) is 0.882. The van der Waals surface area contributed by atoms with Gasteiger partial charge in [-0.1, -0.05) is 6.07 Å². The number of carboxylic acid groups (broad SMARTS) is 1. The van der Waals surface area contributed by atoms with Gasteiger partial charge < -0.3 is 10.4 Å². The van der Waals surface area contributed by atoms with E-state index in [1.807, 2.05) is 0 Å². The number of anilines is 1. The number of hydrogen-bond acceptors (Lipinski definition) is 3. The molecule has 9 heteroatoms. The molecule has 0 aromatic carbocycles. The fraction of sp³-hybridized carbons (Fsp3) is 0.182. The minimum Gasteiger partial charge on any atom is -0.476 e. The average Bonchev–Trinajstić information content (AvgIpc) is 2.69. The Hall–Kier alpha value is -2.58. The van der Waals surface area contributed by atoms with Gasteiger partial charge >= 0.3 is 18.1 Å². The molecule has 0 spiro atoms. The molecule has 0 atom stereocenters. The van der Waals surface area contributed by atoms with Crippen LogP contribution in [0.5, 0.6) is 0 Å². The molecule has 2 aromatic rings. The minimum absolute atomic E-state index is 0.155. The van der Waals surface area contributed by atoms with Gasteiger partial charge in [-0.3, -0.25) is 9.20 Å². The van der Waals surface area contributed by atoms with E-state index in [9.17, 15) is 22.8 Å². The zero-order valence-electron chi connectivity index (χ0n) is 10.0. The first kappa shape index (κ1) is 13.8. The van der Waals surface area contributed by atoms with Crippen molar-refractivity contribution in [1.29, 1.82) is 0 Å². The number of aryl methyl sites for hydroxylation is 1. The van der Waals surface area contributed by atoms with Crippen LogP contribution in [-0.4, -0.2) is 32.5 Å². The fourth-order valence-electron chi connectivity index (χ4n) is 1.65. The summed E-state index contributed by atoms with van der Waals surface area (Å²) in [6.07, 6.45) is -3.81. The summed E-state index contributed by atoms with van der Waals surface area (Å²) in [6.45, 7) is 1.61. The van der Waals surface area contributed by atoms with Gasteiger partial charge in [-0.2, -0.15) is 13.2 Å². The Bertz CT molecular complexity index is 706. The third-order valence-corrected chi connectivity index (χ3v) is 2.54. The lowest BCUT2D eigenvalue weighted by molar-refractivity contribution is -0.167. The van der Waals surface area contributed by atoms with Crippen molar-refractivity contribution in [2.45, 2.75) is 13.1 Å². The summed E-state index contributed by atoms with van der Waals surface area (Å²) < 4.78 is 37.9. The predicted octanol–water partition coefficient (Wildman–Crippen LogP) is 1.84. The molecule has 2 rings (SSSR count). The molecule has 2 aromatic heterocycles. The van der Waals surface area contributed by atoms with Gasteiger partial charge in [0.2, 0.25) is 0 Å². The topological polar surface area (TPSA) is 83.7 Å². The number of nitrogens with one attached hydrogen (secondary N) is 1. The van der Waals surface area contributed by atoms with Crippen LogP contribution in [0, 0.1) is 6.92 Å². The Balaban J connectivity index is 2.61. The maximum atomic E-state index is 12.3. The second-order valence-electron chi connectivity index (χ2n) is 3.95. The van der Waals surface area contributed by atoms with Crippen LogP contribution < -0.4 is 5.32 Å². The molecule has 0 radical (unpaired) electrons. The van der Waals surface area contributed by atoms with Crippen molar-refractivity contribution in [2.24, 2.45) is 0 Å². The van der Waals surface area contributed by atoms with Crippen LogP contribution in [0.25, 0.3) is 5.65 Å². The lowest BCUT2D eigenvalue weighted by atomic mass is 10.3. The van der Waals surface area contributed by atoms with Crippen LogP contribution in [-0.2, 0) is 4.79 Å². The highest BCUT2D eigenvalue weighted by Gasteiger charge is 2.40. The van der Waals surface area contributed by atoms with E-state index in [2.05, 4.69) is 4.98 Å². The number of alkyl halides is 3. The maximum Gasteiger partial charge on any atom is 0.471 e. The van der Waals surface area contributed by atoms with Crippen molar-refractivity contribution in [3.63, 3.8) is 0 Å². The lowest BCUT2D eigenvalue weighted by Crippen LogP contribution is -2.31. The zero-order valence-corrected chi connectivity index (χ0v) is 10.0. The third kappa shape index (κ3) is 2.29. The van der Waals surface area contributed by atoms with E-state index in [1.54, 1.807) is 13.0 Å². The van der Waals surface area contributed by atoms with E-state index in [0.29, 0.717) is 5.56 Å². The number of aromatic nitrogens is 2. The summed E-state index contributed by atoms with van der Waals surface area (Å²) in [6, 6.07) is 3.11. The number of pyridine rings is 1. The van der Waals surface area contributed by atoms with Gasteiger partial charge in [0, 0.05) is 6.20 Å². The largest absolute Gasteiger partial charge is 0.476 e. The highest BCUT2D eigenvalue weighted by atomic mass is 19.4. The molecule has 0 saturated heterocycles. The number of hydrogen-bond donors (Lipinski definition) is 2. The van der Waals surface area contributed by atoms with Crippen molar-refractivity contribution < 1.29 is 27.9 Å². The number of imidazole rings is 1. The first-order valence-electron chi connectivity index (χ1n) is 5.31. The Kier molecular flexibility index (Phi) is 3.12. The van der Waals surface area contributed by atoms with Gasteiger partial charge in [0.25, 0.3) is 0 Å². The molecule has 2 heterocycles. The summed E-state index contributed by atoms with van der Waals surface area (Å²) in [5.41, 5.74) is 0.0572. The molecule has 0 aliphatic carbocycles. The van der Waals surface area contributed by atoms with E-state index in [-0.39, 0.29) is 5.65 Å². The van der Waals surface area contributed by atoms with Gasteiger partial charge in [0.05, 0.1) is 0 Å². The average molecular weight is 287 g/mol. The molecular formula is C11H8F3N3O3. The molecule has 6 nitrogen and oxygen atoms in total. The molecule has 20 heavy (non-hydrogen) atoms. The number of aromatic carboxylic acids is 1. The number of fused-ring (bicyclic) bond motifs is 1. The smallest absolute Gasteiger partial charge is 0.471 e. The van der Waals surface area contributed by atoms with Crippen molar-refractivity contribution in [1.82, 2.24) is 9.38 Å². The first-order valence-corrected chi connectivity index (χ1v) is 5.31. The van der Waals surface area contributed by atoms with Gasteiger partial charge in [-0.25, -0.2) is 9.78 Å². The Morgan fingerprint density at radius 2 is 2.05 bits per heavy atom. The highest BCUT2D eigenvalue weighted by molar-refractivity contribution is 6.01. The molecule has 0 unspecified atom stereocenters. The maximum absolute atomic E-state index is 12.3. The molecule has 2 N–H and O–H groups in total. The van der Waals surface area contributed by atoms with Crippen LogP contribution in [0.2, 0.25) is 0 Å². The lowest BCUT2D eigenvalue weighted by Gasteiger charge is -2.08. The summed E-state index contributed by atoms with van der Waals surface area (Å²) >= 11 is 0. The molecule has 0 saturated carbocycles. The Morgan fingerprint density at radius 3 is 2.60 bits per heavy atom. The highest BCUT2D eigenvalue weighted by Crippen LogP contribution is 2.23. The van der Waals surface area contributed by atoms with Crippen molar-refractivity contribution in [2.75, 3.05) is 5.32 Å². The van der Waals surface area contributed by atoms with Gasteiger partial charge in [-0.15, -0.1) is 0 Å². The van der Waals surface area contributed by atoms with Crippen LogP contribution >= 0.6 is 0 Å². The van der Waals surface area contributed by atoms with Crippen LogP contribution in [0.15, 0.2) is 18.3 Å². The second kappa shape index (κ2) is 4.51. The zero-order chi connectivity index (χ0) is 15.1. The van der Waals surface area contributed by atoms with Crippen molar-refractivity contribution in [3.05, 3.63) is 29.6 Å². The van der Waals surface area contributed by atoms with Crippen molar-refractivity contribution >= 4 is 23.3 Å². The summed E-state index contributed by atoms with van der Waals surface area (Å²) in [5, 5.41) is 10.5. The van der Waals surface area contributed by atoms with Crippen molar-refractivity contribution in [3.8, 4) is 0 Å². The van der Waals surface area contributed by atoms with Crippen LogP contribution in [0.4, 0.5) is 19.0 Å². The number of halogens is 3.